The van der Waals surface area contributed by atoms with Crippen molar-refractivity contribution >= 4 is 18.0 Å². The molecule has 0 aliphatic rings. The van der Waals surface area contributed by atoms with E-state index < -0.39 is 5.97 Å². The third-order valence-corrected chi connectivity index (χ3v) is 2.86. The van der Waals surface area contributed by atoms with Gasteiger partial charge in [-0.25, -0.2) is 0 Å². The highest BCUT2D eigenvalue weighted by Crippen LogP contribution is 2.09. The quantitative estimate of drug-likeness (QED) is 0.798. The van der Waals surface area contributed by atoms with E-state index in [1.54, 1.807) is 36.4 Å². The molecule has 0 bridgehead atoms. The Labute approximate surface area is 121 Å². The summed E-state index contributed by atoms with van der Waals surface area (Å²) in [6.45, 7) is 0.283. The number of aliphatic carboxylic acids is 1. The second-order valence-electron chi connectivity index (χ2n) is 4.41. The molecule has 0 fully saturated rings. The Morgan fingerprint density at radius 1 is 1.14 bits per heavy atom. The number of nitrogens with one attached hydrogen (secondary N) is 1. The summed E-state index contributed by atoms with van der Waals surface area (Å²) in [6, 6.07) is 10.6. The van der Waals surface area contributed by atoms with Gasteiger partial charge in [-0.05, 0) is 29.3 Å². The lowest BCUT2D eigenvalue weighted by Crippen LogP contribution is -2.21. The predicted molar refractivity (Wildman–Crippen MR) is 77.4 cm³/mol. The fraction of sp³-hybridized carbons (Fsp3) is 0.125. The number of hydrogen-bond donors (Lipinski definition) is 2. The predicted octanol–water partition coefficient (Wildman–Crippen LogP) is 2.24. The van der Waals surface area contributed by atoms with Crippen LogP contribution < -0.4 is 5.32 Å². The van der Waals surface area contributed by atoms with Crippen molar-refractivity contribution in [2.24, 2.45) is 0 Å². The average molecular weight is 285 g/mol. The van der Waals surface area contributed by atoms with Gasteiger partial charge >= 0.3 is 5.97 Å². The van der Waals surface area contributed by atoms with Gasteiger partial charge in [0.1, 0.15) is 5.76 Å². The van der Waals surface area contributed by atoms with Gasteiger partial charge in [-0.15, -0.1) is 0 Å². The Kier molecular flexibility index (Phi) is 4.93. The lowest BCUT2D eigenvalue weighted by molar-refractivity contribution is -0.136. The maximum Gasteiger partial charge on any atom is 0.307 e. The largest absolute Gasteiger partial charge is 0.481 e. The first-order valence-corrected chi connectivity index (χ1v) is 6.43. The number of furan rings is 1. The van der Waals surface area contributed by atoms with Crippen molar-refractivity contribution in [1.29, 1.82) is 0 Å². The number of carboxylic acid groups (broad SMARTS) is 1. The van der Waals surface area contributed by atoms with Crippen LogP contribution in [0.3, 0.4) is 0 Å². The molecular formula is C16H15NO4. The summed E-state index contributed by atoms with van der Waals surface area (Å²) in [4.78, 5) is 22.5. The van der Waals surface area contributed by atoms with Crippen molar-refractivity contribution in [3.63, 3.8) is 0 Å². The highest BCUT2D eigenvalue weighted by atomic mass is 16.4. The van der Waals surface area contributed by atoms with Crippen LogP contribution in [-0.4, -0.2) is 17.0 Å². The summed E-state index contributed by atoms with van der Waals surface area (Å²) in [7, 11) is 0. The maximum atomic E-state index is 11.7. The number of carboxylic acids is 1. The molecule has 0 saturated carbocycles. The van der Waals surface area contributed by atoms with Crippen LogP contribution in [0.4, 0.5) is 0 Å². The van der Waals surface area contributed by atoms with Crippen molar-refractivity contribution in [3.05, 3.63) is 65.6 Å². The zero-order valence-electron chi connectivity index (χ0n) is 11.3. The third kappa shape index (κ3) is 4.65. The van der Waals surface area contributed by atoms with Gasteiger partial charge in [0.15, 0.2) is 0 Å². The zero-order chi connectivity index (χ0) is 15.1. The summed E-state index contributed by atoms with van der Waals surface area (Å²) >= 11 is 0. The summed E-state index contributed by atoms with van der Waals surface area (Å²) in [5, 5.41) is 11.6. The van der Waals surface area contributed by atoms with E-state index in [-0.39, 0.29) is 18.9 Å². The normalized spacial score (nSPS) is 10.7. The van der Waals surface area contributed by atoms with Crippen molar-refractivity contribution < 1.29 is 19.1 Å². The molecule has 2 N–H and O–H groups in total. The molecule has 0 aliphatic carbocycles. The van der Waals surface area contributed by atoms with Crippen LogP contribution in [0.15, 0.2) is 53.2 Å². The molecule has 5 heteroatoms. The van der Waals surface area contributed by atoms with Gasteiger partial charge in [-0.1, -0.05) is 24.3 Å². The number of rotatable bonds is 6. The first kappa shape index (κ1) is 14.6. The summed E-state index contributed by atoms with van der Waals surface area (Å²) in [6.07, 6.45) is 4.41. The van der Waals surface area contributed by atoms with E-state index in [0.717, 1.165) is 5.56 Å². The summed E-state index contributed by atoms with van der Waals surface area (Å²) in [5.41, 5.74) is 1.49. The molecule has 1 heterocycles. The van der Waals surface area contributed by atoms with Crippen LogP contribution >= 0.6 is 0 Å². The molecule has 21 heavy (non-hydrogen) atoms. The van der Waals surface area contributed by atoms with E-state index >= 15 is 0 Å². The molecule has 2 rings (SSSR count). The van der Waals surface area contributed by atoms with Crippen LogP contribution in [0.1, 0.15) is 16.9 Å². The Morgan fingerprint density at radius 2 is 1.90 bits per heavy atom. The molecule has 1 aromatic carbocycles. The number of hydrogen-bond acceptors (Lipinski definition) is 3. The van der Waals surface area contributed by atoms with Gasteiger partial charge in [0.25, 0.3) is 0 Å². The molecule has 2 aromatic rings. The van der Waals surface area contributed by atoms with Crippen LogP contribution in [0.2, 0.25) is 0 Å². The van der Waals surface area contributed by atoms with Gasteiger partial charge in [0.05, 0.1) is 12.7 Å². The molecule has 5 nitrogen and oxygen atoms in total. The van der Waals surface area contributed by atoms with Crippen molar-refractivity contribution in [1.82, 2.24) is 5.32 Å². The first-order chi connectivity index (χ1) is 10.1. The fourth-order valence-electron chi connectivity index (χ4n) is 1.85. The van der Waals surface area contributed by atoms with Crippen molar-refractivity contribution in [2.45, 2.75) is 13.0 Å². The van der Waals surface area contributed by atoms with Gasteiger partial charge in [-0.3, -0.25) is 9.59 Å². The Bertz CT molecular complexity index is 644. The Hall–Kier alpha value is -2.82. The molecule has 0 unspecified atom stereocenters. The highest BCUT2D eigenvalue weighted by Gasteiger charge is 2.06. The zero-order valence-corrected chi connectivity index (χ0v) is 11.3. The fourth-order valence-corrected chi connectivity index (χ4v) is 1.85. The molecule has 0 atom stereocenters. The first-order valence-electron chi connectivity index (χ1n) is 6.43. The summed E-state index contributed by atoms with van der Waals surface area (Å²) in [5.74, 6) is -0.570. The SMILES string of the molecule is O=C(O)Cc1ccccc1CNC(=O)/C=C/c1ccco1. The van der Waals surface area contributed by atoms with Gasteiger partial charge in [0.2, 0.25) is 5.91 Å². The van der Waals surface area contributed by atoms with Crippen LogP contribution in [-0.2, 0) is 22.6 Å². The lowest BCUT2D eigenvalue weighted by Gasteiger charge is -2.07. The highest BCUT2D eigenvalue weighted by molar-refractivity contribution is 5.91. The molecule has 0 spiro atoms. The van der Waals surface area contributed by atoms with E-state index in [2.05, 4.69) is 5.32 Å². The molecule has 0 radical (unpaired) electrons. The van der Waals surface area contributed by atoms with Gasteiger partial charge in [-0.2, -0.15) is 0 Å². The van der Waals surface area contributed by atoms with Crippen LogP contribution in [0, 0.1) is 0 Å². The Morgan fingerprint density at radius 3 is 2.57 bits per heavy atom. The monoisotopic (exact) mass is 285 g/mol. The summed E-state index contributed by atoms with van der Waals surface area (Å²) < 4.78 is 5.08. The lowest BCUT2D eigenvalue weighted by atomic mass is 10.0. The van der Waals surface area contributed by atoms with E-state index in [1.807, 2.05) is 6.07 Å². The van der Waals surface area contributed by atoms with Crippen molar-refractivity contribution in [3.8, 4) is 0 Å². The van der Waals surface area contributed by atoms with E-state index in [9.17, 15) is 9.59 Å². The van der Waals surface area contributed by atoms with Gasteiger partial charge < -0.3 is 14.8 Å². The number of carbonyl (C=O) groups excluding carboxylic acids is 1. The maximum absolute atomic E-state index is 11.7. The van der Waals surface area contributed by atoms with Crippen molar-refractivity contribution in [2.75, 3.05) is 0 Å². The molecule has 1 aromatic heterocycles. The van der Waals surface area contributed by atoms with Gasteiger partial charge in [0, 0.05) is 12.6 Å². The number of benzene rings is 1. The van der Waals surface area contributed by atoms with Crippen LogP contribution in [0.5, 0.6) is 0 Å². The minimum Gasteiger partial charge on any atom is -0.481 e. The minimum absolute atomic E-state index is 0.0612. The molecule has 0 saturated heterocycles. The molecular weight excluding hydrogens is 270 g/mol. The minimum atomic E-state index is -0.897. The molecule has 0 aliphatic heterocycles. The second-order valence-corrected chi connectivity index (χ2v) is 4.41. The van der Waals surface area contributed by atoms with E-state index in [0.29, 0.717) is 11.3 Å². The third-order valence-electron chi connectivity index (χ3n) is 2.86. The number of carbonyl (C=O) groups is 2. The van der Waals surface area contributed by atoms with E-state index in [1.165, 1.54) is 12.3 Å². The second kappa shape index (κ2) is 7.09. The number of amides is 1. The topological polar surface area (TPSA) is 79.5 Å². The smallest absolute Gasteiger partial charge is 0.307 e. The Balaban J connectivity index is 1.93. The van der Waals surface area contributed by atoms with Crippen LogP contribution in [0.25, 0.3) is 6.08 Å². The molecule has 108 valence electrons. The standard InChI is InChI=1S/C16H15NO4/c18-15(8-7-14-6-3-9-21-14)17-11-13-5-2-1-4-12(13)10-16(19)20/h1-9H,10-11H2,(H,17,18)(H,19,20)/b8-7+. The molecule has 1 amide bonds. The average Bonchev–Trinajstić information content (AvgIpc) is 2.97. The van der Waals surface area contributed by atoms with E-state index in [4.69, 9.17) is 9.52 Å².